The number of carbonyl (C=O) groups is 2. The van der Waals surface area contributed by atoms with Crippen LogP contribution in [0.5, 0.6) is 0 Å². The summed E-state index contributed by atoms with van der Waals surface area (Å²) < 4.78 is 27.5. The largest absolute Gasteiger partial charge is 0.274 e. The van der Waals surface area contributed by atoms with Gasteiger partial charge in [0, 0.05) is 6.07 Å². The maximum absolute atomic E-state index is 14.0. The summed E-state index contributed by atoms with van der Waals surface area (Å²) in [7, 11) is 0. The first-order valence-electron chi connectivity index (χ1n) is 6.58. The first kappa shape index (κ1) is 14.7. The van der Waals surface area contributed by atoms with Crippen LogP contribution in [0.2, 0.25) is 5.02 Å². The van der Waals surface area contributed by atoms with Crippen LogP contribution in [0.15, 0.2) is 12.1 Å². The second-order valence-electron chi connectivity index (χ2n) is 5.36. The van der Waals surface area contributed by atoms with E-state index in [4.69, 9.17) is 23.2 Å². The quantitative estimate of drug-likeness (QED) is 0.447. The fourth-order valence-corrected chi connectivity index (χ4v) is 3.63. The van der Waals surface area contributed by atoms with Crippen LogP contribution in [0, 0.1) is 17.6 Å². The van der Waals surface area contributed by atoms with E-state index in [-0.39, 0.29) is 0 Å². The Morgan fingerprint density at radius 1 is 1.19 bits per heavy atom. The molecule has 7 heteroatoms. The summed E-state index contributed by atoms with van der Waals surface area (Å²) in [5, 5.41) is -0.409. The van der Waals surface area contributed by atoms with Crippen LogP contribution < -0.4 is 4.90 Å². The number of imide groups is 1. The Labute approximate surface area is 129 Å². The molecule has 0 aromatic heterocycles. The SMILES string of the molecule is O=C1C2CCCCC2(Cl)C(=O)N1c1cc(F)c(Cl)cc1F. The van der Waals surface area contributed by atoms with E-state index in [1.165, 1.54) is 0 Å². The van der Waals surface area contributed by atoms with Gasteiger partial charge in [-0.15, -0.1) is 11.6 Å². The van der Waals surface area contributed by atoms with Crippen molar-refractivity contribution in [1.29, 1.82) is 0 Å². The molecule has 0 N–H and O–H groups in total. The Bertz CT molecular complexity index is 652. The molecule has 112 valence electrons. The van der Waals surface area contributed by atoms with E-state index in [0.717, 1.165) is 25.0 Å². The number of benzene rings is 1. The zero-order chi connectivity index (χ0) is 15.4. The molecule has 0 bridgehead atoms. The minimum absolute atomic E-state index is 0.359. The lowest BCUT2D eigenvalue weighted by molar-refractivity contribution is -0.122. The fraction of sp³-hybridized carbons (Fsp3) is 0.429. The van der Waals surface area contributed by atoms with Crippen molar-refractivity contribution in [3.63, 3.8) is 0 Å². The van der Waals surface area contributed by atoms with Crippen molar-refractivity contribution >= 4 is 40.7 Å². The molecular weight excluding hydrogens is 323 g/mol. The molecule has 0 spiro atoms. The van der Waals surface area contributed by atoms with Crippen molar-refractivity contribution in [2.75, 3.05) is 4.90 Å². The Balaban J connectivity index is 2.09. The van der Waals surface area contributed by atoms with Gasteiger partial charge in [0.25, 0.3) is 5.91 Å². The maximum atomic E-state index is 14.0. The number of halogens is 4. The Morgan fingerprint density at radius 2 is 1.90 bits per heavy atom. The van der Waals surface area contributed by atoms with E-state index >= 15 is 0 Å². The third kappa shape index (κ3) is 2.06. The third-order valence-corrected chi connectivity index (χ3v) is 5.05. The van der Waals surface area contributed by atoms with Crippen molar-refractivity contribution in [2.45, 2.75) is 30.6 Å². The highest BCUT2D eigenvalue weighted by Crippen LogP contribution is 2.48. The molecule has 3 rings (SSSR count). The molecule has 2 aliphatic rings. The number of rotatable bonds is 1. The number of amides is 2. The number of hydrogen-bond donors (Lipinski definition) is 0. The molecule has 2 atom stereocenters. The van der Waals surface area contributed by atoms with Crippen LogP contribution in [-0.2, 0) is 9.59 Å². The molecule has 1 aliphatic carbocycles. The Hall–Kier alpha value is -1.20. The molecule has 2 fully saturated rings. The topological polar surface area (TPSA) is 37.4 Å². The predicted molar refractivity (Wildman–Crippen MR) is 74.4 cm³/mol. The number of hydrogen-bond acceptors (Lipinski definition) is 2. The van der Waals surface area contributed by atoms with Crippen molar-refractivity contribution in [3.05, 3.63) is 28.8 Å². The molecule has 2 amide bonds. The van der Waals surface area contributed by atoms with Crippen LogP contribution in [0.25, 0.3) is 0 Å². The molecule has 21 heavy (non-hydrogen) atoms. The summed E-state index contributed by atoms with van der Waals surface area (Å²) in [5.41, 5.74) is -0.429. The first-order chi connectivity index (χ1) is 9.86. The maximum Gasteiger partial charge on any atom is 0.255 e. The Morgan fingerprint density at radius 3 is 2.57 bits per heavy atom. The molecule has 1 aromatic rings. The summed E-state index contributed by atoms with van der Waals surface area (Å²) in [6.07, 6.45) is 2.34. The number of nitrogens with zero attached hydrogens (tertiary/aromatic N) is 1. The number of fused-ring (bicyclic) bond motifs is 1. The standard InChI is InChI=1S/C14H11Cl2F2NO2/c15-8-5-10(18)11(6-9(8)17)19-12(20)7-3-1-2-4-14(7,16)13(19)21/h5-7H,1-4H2. The van der Waals surface area contributed by atoms with Gasteiger partial charge in [0.2, 0.25) is 5.91 Å². The lowest BCUT2D eigenvalue weighted by atomic mass is 9.80. The number of anilines is 1. The van der Waals surface area contributed by atoms with E-state index in [1.54, 1.807) is 0 Å². The molecule has 1 saturated heterocycles. The van der Waals surface area contributed by atoms with Gasteiger partial charge in [-0.1, -0.05) is 24.4 Å². The van der Waals surface area contributed by atoms with Crippen LogP contribution in [0.4, 0.5) is 14.5 Å². The van der Waals surface area contributed by atoms with E-state index in [0.29, 0.717) is 17.7 Å². The van der Waals surface area contributed by atoms with E-state index in [2.05, 4.69) is 0 Å². The number of alkyl halides is 1. The van der Waals surface area contributed by atoms with Crippen LogP contribution in [0.1, 0.15) is 25.7 Å². The zero-order valence-corrected chi connectivity index (χ0v) is 12.3. The van der Waals surface area contributed by atoms with Crippen LogP contribution in [-0.4, -0.2) is 16.7 Å². The Kier molecular flexibility index (Phi) is 3.45. The number of carbonyl (C=O) groups excluding carboxylic acids is 2. The average Bonchev–Trinajstić information content (AvgIpc) is 2.63. The molecule has 1 aromatic carbocycles. The first-order valence-corrected chi connectivity index (χ1v) is 7.33. The van der Waals surface area contributed by atoms with Crippen molar-refractivity contribution < 1.29 is 18.4 Å². The second kappa shape index (κ2) is 4.92. The van der Waals surface area contributed by atoms with Gasteiger partial charge >= 0.3 is 0 Å². The predicted octanol–water partition coefficient (Wildman–Crippen LogP) is 3.66. The van der Waals surface area contributed by atoms with Gasteiger partial charge in [-0.05, 0) is 18.9 Å². The van der Waals surface area contributed by atoms with Gasteiger partial charge in [0.05, 0.1) is 16.6 Å². The van der Waals surface area contributed by atoms with Gasteiger partial charge in [-0.3, -0.25) is 9.59 Å². The van der Waals surface area contributed by atoms with Gasteiger partial charge in [-0.2, -0.15) is 0 Å². The highest BCUT2D eigenvalue weighted by atomic mass is 35.5. The van der Waals surface area contributed by atoms with Gasteiger partial charge in [0.1, 0.15) is 16.5 Å². The van der Waals surface area contributed by atoms with Crippen LogP contribution in [0.3, 0.4) is 0 Å². The van der Waals surface area contributed by atoms with E-state index < -0.39 is 45.0 Å². The second-order valence-corrected chi connectivity index (χ2v) is 6.44. The van der Waals surface area contributed by atoms with E-state index in [9.17, 15) is 18.4 Å². The highest BCUT2D eigenvalue weighted by Gasteiger charge is 2.59. The van der Waals surface area contributed by atoms with Gasteiger partial charge in [0.15, 0.2) is 0 Å². The zero-order valence-electron chi connectivity index (χ0n) is 10.8. The molecule has 1 saturated carbocycles. The molecule has 3 nitrogen and oxygen atoms in total. The molecular formula is C14H11Cl2F2NO2. The summed E-state index contributed by atoms with van der Waals surface area (Å²) in [4.78, 5) is 24.2. The average molecular weight is 334 g/mol. The van der Waals surface area contributed by atoms with Crippen LogP contribution >= 0.6 is 23.2 Å². The normalized spacial score (nSPS) is 29.0. The van der Waals surface area contributed by atoms with Crippen molar-refractivity contribution in [1.82, 2.24) is 0 Å². The fourth-order valence-electron chi connectivity index (χ4n) is 3.06. The molecule has 2 unspecified atom stereocenters. The van der Waals surface area contributed by atoms with Crippen molar-refractivity contribution in [3.8, 4) is 0 Å². The minimum atomic E-state index is -1.34. The van der Waals surface area contributed by atoms with Crippen molar-refractivity contribution in [2.24, 2.45) is 5.92 Å². The minimum Gasteiger partial charge on any atom is -0.274 e. The van der Waals surface area contributed by atoms with Gasteiger partial charge in [-0.25, -0.2) is 13.7 Å². The third-order valence-electron chi connectivity index (χ3n) is 4.14. The summed E-state index contributed by atoms with van der Waals surface area (Å²) in [6, 6.07) is 1.50. The summed E-state index contributed by atoms with van der Waals surface area (Å²) in [5.74, 6) is -3.76. The summed E-state index contributed by atoms with van der Waals surface area (Å²) in [6.45, 7) is 0. The lowest BCUT2D eigenvalue weighted by Crippen LogP contribution is -2.40. The van der Waals surface area contributed by atoms with E-state index in [1.807, 2.05) is 0 Å². The molecule has 1 aliphatic heterocycles. The molecule has 1 heterocycles. The van der Waals surface area contributed by atoms with Gasteiger partial charge < -0.3 is 0 Å². The molecule has 0 radical (unpaired) electrons. The monoisotopic (exact) mass is 333 g/mol. The smallest absolute Gasteiger partial charge is 0.255 e. The lowest BCUT2D eigenvalue weighted by Gasteiger charge is -2.28. The highest BCUT2D eigenvalue weighted by molar-refractivity contribution is 6.45. The summed E-state index contributed by atoms with van der Waals surface area (Å²) >= 11 is 11.8.